The van der Waals surface area contributed by atoms with Crippen molar-refractivity contribution >= 4 is 5.91 Å². The lowest BCUT2D eigenvalue weighted by molar-refractivity contribution is -0.122. The number of methoxy groups -OCH3 is 2. The second kappa shape index (κ2) is 8.06. The third-order valence-electron chi connectivity index (χ3n) is 3.80. The Morgan fingerprint density at radius 2 is 2.00 bits per heavy atom. The van der Waals surface area contributed by atoms with Gasteiger partial charge in [-0.1, -0.05) is 0 Å². The summed E-state index contributed by atoms with van der Waals surface area (Å²) in [6.07, 6.45) is 4.10. The number of carbonyl (C=O) groups excluding carboxylic acids is 1. The van der Waals surface area contributed by atoms with Crippen LogP contribution >= 0.6 is 0 Å². The Bertz CT molecular complexity index is 720. The van der Waals surface area contributed by atoms with Gasteiger partial charge >= 0.3 is 0 Å². The maximum Gasteiger partial charge on any atom is 0.223 e. The van der Waals surface area contributed by atoms with Gasteiger partial charge in [-0.2, -0.15) is 5.26 Å². The fourth-order valence-corrected chi connectivity index (χ4v) is 2.47. The van der Waals surface area contributed by atoms with Crippen molar-refractivity contribution in [3.8, 4) is 17.6 Å². The molecule has 0 aliphatic heterocycles. The molecule has 0 radical (unpaired) electrons. The second-order valence-electron chi connectivity index (χ2n) is 5.42. The number of carbonyl (C=O) groups is 1. The molecule has 0 saturated carbocycles. The van der Waals surface area contributed by atoms with Crippen LogP contribution in [0.15, 0.2) is 42.7 Å². The quantitative estimate of drug-likeness (QED) is 0.848. The van der Waals surface area contributed by atoms with Crippen LogP contribution < -0.4 is 14.8 Å². The number of nitrogens with zero attached hydrogens (tertiary/aromatic N) is 2. The summed E-state index contributed by atoms with van der Waals surface area (Å²) in [7, 11) is 3.07. The van der Waals surface area contributed by atoms with Gasteiger partial charge in [0, 0.05) is 36.5 Å². The summed E-state index contributed by atoms with van der Waals surface area (Å²) >= 11 is 0. The van der Waals surface area contributed by atoms with Crippen LogP contribution in [0.1, 0.15) is 31.0 Å². The van der Waals surface area contributed by atoms with E-state index in [1.807, 2.05) is 36.0 Å². The number of nitriles is 1. The molecule has 0 spiro atoms. The zero-order valence-electron chi connectivity index (χ0n) is 14.0. The van der Waals surface area contributed by atoms with E-state index in [0.717, 1.165) is 0 Å². The highest BCUT2D eigenvalue weighted by Gasteiger charge is 2.20. The van der Waals surface area contributed by atoms with Gasteiger partial charge in [-0.05, 0) is 31.2 Å². The fraction of sp³-hybridized carbons (Fsp3) is 0.333. The molecule has 0 fully saturated rings. The van der Waals surface area contributed by atoms with Crippen LogP contribution in [0.3, 0.4) is 0 Å². The molecule has 0 bridgehead atoms. The zero-order chi connectivity index (χ0) is 17.5. The van der Waals surface area contributed by atoms with Crippen LogP contribution in [-0.4, -0.2) is 24.7 Å². The number of benzene rings is 1. The summed E-state index contributed by atoms with van der Waals surface area (Å²) in [4.78, 5) is 12.3. The highest BCUT2D eigenvalue weighted by molar-refractivity contribution is 5.77. The molecule has 1 aromatic carbocycles. The average Bonchev–Trinajstić information content (AvgIpc) is 3.14. The first kappa shape index (κ1) is 17.4. The van der Waals surface area contributed by atoms with E-state index in [0.29, 0.717) is 17.1 Å². The molecule has 6 heteroatoms. The summed E-state index contributed by atoms with van der Waals surface area (Å²) in [6.45, 7) is 1.95. The van der Waals surface area contributed by atoms with Gasteiger partial charge in [0.25, 0.3) is 0 Å². The number of hydrogen-bond acceptors (Lipinski definition) is 4. The van der Waals surface area contributed by atoms with Crippen LogP contribution in [0, 0.1) is 11.3 Å². The third kappa shape index (κ3) is 4.07. The first-order valence-electron chi connectivity index (χ1n) is 7.62. The van der Waals surface area contributed by atoms with Gasteiger partial charge in [-0.25, -0.2) is 0 Å². The molecule has 24 heavy (non-hydrogen) atoms. The SMILES string of the molecule is COc1ccc([C@@H](C#N)NC(=O)C[C@H](C)n2cccc2)c(OC)c1. The number of amides is 1. The topological polar surface area (TPSA) is 76.3 Å². The van der Waals surface area contributed by atoms with E-state index >= 15 is 0 Å². The summed E-state index contributed by atoms with van der Waals surface area (Å²) in [6, 6.07) is 10.3. The first-order chi connectivity index (χ1) is 11.6. The van der Waals surface area contributed by atoms with Crippen LogP contribution in [0.4, 0.5) is 0 Å². The molecular formula is C18H21N3O3. The van der Waals surface area contributed by atoms with E-state index < -0.39 is 6.04 Å². The largest absolute Gasteiger partial charge is 0.497 e. The minimum Gasteiger partial charge on any atom is -0.497 e. The normalized spacial score (nSPS) is 12.8. The summed E-state index contributed by atoms with van der Waals surface area (Å²) in [5, 5.41) is 12.2. The van der Waals surface area contributed by atoms with Gasteiger partial charge in [0.1, 0.15) is 17.5 Å². The predicted octanol–water partition coefficient (Wildman–Crippen LogP) is 2.84. The number of nitrogens with one attached hydrogen (secondary N) is 1. The van der Waals surface area contributed by atoms with Crippen molar-refractivity contribution < 1.29 is 14.3 Å². The fourth-order valence-electron chi connectivity index (χ4n) is 2.47. The molecule has 2 rings (SSSR count). The van der Waals surface area contributed by atoms with Crippen molar-refractivity contribution in [1.29, 1.82) is 5.26 Å². The maximum absolute atomic E-state index is 12.3. The lowest BCUT2D eigenvalue weighted by atomic mass is 10.1. The summed E-state index contributed by atoms with van der Waals surface area (Å²) in [5.41, 5.74) is 0.600. The second-order valence-corrected chi connectivity index (χ2v) is 5.42. The molecule has 1 aromatic heterocycles. The van der Waals surface area contributed by atoms with E-state index in [2.05, 4.69) is 11.4 Å². The maximum atomic E-state index is 12.3. The molecule has 1 amide bonds. The average molecular weight is 327 g/mol. The van der Waals surface area contributed by atoms with E-state index in [9.17, 15) is 10.1 Å². The Morgan fingerprint density at radius 3 is 2.58 bits per heavy atom. The van der Waals surface area contributed by atoms with Crippen molar-refractivity contribution in [2.24, 2.45) is 0 Å². The highest BCUT2D eigenvalue weighted by Crippen LogP contribution is 2.29. The van der Waals surface area contributed by atoms with Crippen molar-refractivity contribution in [3.63, 3.8) is 0 Å². The lowest BCUT2D eigenvalue weighted by Crippen LogP contribution is -2.29. The van der Waals surface area contributed by atoms with E-state index in [4.69, 9.17) is 9.47 Å². The number of ether oxygens (including phenoxy) is 2. The van der Waals surface area contributed by atoms with Crippen molar-refractivity contribution in [2.75, 3.05) is 14.2 Å². The Kier molecular flexibility index (Phi) is 5.85. The minimum atomic E-state index is -0.782. The summed E-state index contributed by atoms with van der Waals surface area (Å²) < 4.78 is 12.4. The molecule has 0 aliphatic carbocycles. The molecule has 2 atom stereocenters. The molecule has 6 nitrogen and oxygen atoms in total. The molecule has 0 saturated heterocycles. The van der Waals surface area contributed by atoms with Gasteiger partial charge in [-0.3, -0.25) is 4.79 Å². The van der Waals surface area contributed by atoms with Crippen LogP contribution in [0.5, 0.6) is 11.5 Å². The van der Waals surface area contributed by atoms with Crippen LogP contribution in [-0.2, 0) is 4.79 Å². The van der Waals surface area contributed by atoms with Crippen molar-refractivity contribution in [2.45, 2.75) is 25.4 Å². The van der Waals surface area contributed by atoms with E-state index in [-0.39, 0.29) is 18.4 Å². The lowest BCUT2D eigenvalue weighted by Gasteiger charge is -2.18. The number of aromatic nitrogens is 1. The molecule has 1 heterocycles. The monoisotopic (exact) mass is 327 g/mol. The third-order valence-corrected chi connectivity index (χ3v) is 3.80. The van der Waals surface area contributed by atoms with E-state index in [1.165, 1.54) is 7.11 Å². The standard InChI is InChI=1S/C18H21N3O3/c1-13(21-8-4-5-9-21)10-18(22)20-16(12-19)15-7-6-14(23-2)11-17(15)24-3/h4-9,11,13,16H,10H2,1-3H3,(H,20,22)/t13-,16+/m0/s1. The number of rotatable bonds is 7. The van der Waals surface area contributed by atoms with Gasteiger partial charge < -0.3 is 19.4 Å². The molecule has 0 aliphatic rings. The molecular weight excluding hydrogens is 306 g/mol. The van der Waals surface area contributed by atoms with Gasteiger partial charge in [0.15, 0.2) is 0 Å². The molecule has 2 aromatic rings. The van der Waals surface area contributed by atoms with E-state index in [1.54, 1.807) is 25.3 Å². The Morgan fingerprint density at radius 1 is 1.29 bits per heavy atom. The molecule has 1 N–H and O–H groups in total. The number of hydrogen-bond donors (Lipinski definition) is 1. The summed E-state index contributed by atoms with van der Waals surface area (Å²) in [5.74, 6) is 0.931. The Labute approximate surface area is 141 Å². The Hall–Kier alpha value is -2.94. The molecule has 126 valence electrons. The minimum absolute atomic E-state index is 0.0112. The predicted molar refractivity (Wildman–Crippen MR) is 89.8 cm³/mol. The van der Waals surface area contributed by atoms with Gasteiger partial charge in [0.2, 0.25) is 5.91 Å². The smallest absolute Gasteiger partial charge is 0.223 e. The van der Waals surface area contributed by atoms with Crippen molar-refractivity contribution in [3.05, 3.63) is 48.3 Å². The van der Waals surface area contributed by atoms with Gasteiger partial charge in [0.05, 0.1) is 20.3 Å². The highest BCUT2D eigenvalue weighted by atomic mass is 16.5. The van der Waals surface area contributed by atoms with Crippen LogP contribution in [0.2, 0.25) is 0 Å². The van der Waals surface area contributed by atoms with Crippen molar-refractivity contribution in [1.82, 2.24) is 9.88 Å². The first-order valence-corrected chi connectivity index (χ1v) is 7.62. The Balaban J connectivity index is 2.09. The molecule has 0 unspecified atom stereocenters. The van der Waals surface area contributed by atoms with Crippen LogP contribution in [0.25, 0.3) is 0 Å². The zero-order valence-corrected chi connectivity index (χ0v) is 14.0. The van der Waals surface area contributed by atoms with Gasteiger partial charge in [-0.15, -0.1) is 0 Å².